The van der Waals surface area contributed by atoms with E-state index >= 15 is 0 Å². The summed E-state index contributed by atoms with van der Waals surface area (Å²) in [4.78, 5) is 0. The summed E-state index contributed by atoms with van der Waals surface area (Å²) < 4.78 is 0. The van der Waals surface area contributed by atoms with Gasteiger partial charge in [-0.1, -0.05) is 62.4 Å². The van der Waals surface area contributed by atoms with Gasteiger partial charge in [-0.05, 0) is 42.0 Å². The van der Waals surface area contributed by atoms with Gasteiger partial charge in [0.2, 0.25) is 0 Å². The van der Waals surface area contributed by atoms with Crippen molar-refractivity contribution in [1.29, 1.82) is 0 Å². The number of rotatable bonds is 3. The van der Waals surface area contributed by atoms with E-state index in [9.17, 15) is 0 Å². The molecule has 93 valence electrons. The average Bonchev–Trinajstić information content (AvgIpc) is 2.34. The maximum absolute atomic E-state index is 2.27. The molecule has 1 radical (unpaired) electrons. The van der Waals surface area contributed by atoms with Crippen molar-refractivity contribution in [1.82, 2.24) is 0 Å². The lowest BCUT2D eigenvalue weighted by Crippen LogP contribution is -2.12. The predicted molar refractivity (Wildman–Crippen MR) is 78.6 cm³/mol. The van der Waals surface area contributed by atoms with E-state index < -0.39 is 0 Å². The molecule has 0 N–H and O–H groups in total. The summed E-state index contributed by atoms with van der Waals surface area (Å²) >= 11 is 0. The summed E-state index contributed by atoms with van der Waals surface area (Å²) in [5.74, 6) is 1.97. The zero-order chi connectivity index (χ0) is 13.1. The molecule has 0 unspecified atom stereocenters. The van der Waals surface area contributed by atoms with Gasteiger partial charge < -0.3 is 0 Å². The number of aryl methyl sites for hydroxylation is 2. The van der Waals surface area contributed by atoms with Crippen molar-refractivity contribution in [2.75, 3.05) is 0 Å². The third kappa shape index (κ3) is 2.48. The molecule has 0 nitrogen and oxygen atoms in total. The molecule has 0 amide bonds. The minimum Gasteiger partial charge on any atom is -0.0620 e. The molecule has 0 bridgehead atoms. The second-order valence-electron chi connectivity index (χ2n) is 5.20. The van der Waals surface area contributed by atoms with Crippen molar-refractivity contribution in [3.8, 4) is 0 Å². The van der Waals surface area contributed by atoms with Crippen LogP contribution in [0.5, 0.6) is 0 Å². The van der Waals surface area contributed by atoms with Gasteiger partial charge >= 0.3 is 0 Å². The molecular weight excluding hydrogens is 216 g/mol. The Morgan fingerprint density at radius 3 is 1.44 bits per heavy atom. The van der Waals surface area contributed by atoms with Crippen LogP contribution in [-0.4, -0.2) is 0 Å². The first-order valence-electron chi connectivity index (χ1n) is 6.60. The third-order valence-electron chi connectivity index (χ3n) is 3.45. The van der Waals surface area contributed by atoms with Crippen LogP contribution in [0.3, 0.4) is 0 Å². The van der Waals surface area contributed by atoms with Crippen molar-refractivity contribution in [3.63, 3.8) is 0 Å². The van der Waals surface area contributed by atoms with E-state index in [4.69, 9.17) is 0 Å². The van der Waals surface area contributed by atoms with E-state index in [1.54, 1.807) is 0 Å². The Balaban J connectivity index is 2.55. The average molecular weight is 237 g/mol. The van der Waals surface area contributed by atoms with E-state index in [-0.39, 0.29) is 0 Å². The van der Waals surface area contributed by atoms with Crippen LogP contribution in [0.2, 0.25) is 0 Å². The molecule has 0 saturated heterocycles. The molecule has 0 heterocycles. The zero-order valence-electron chi connectivity index (χ0n) is 11.7. The number of hydrogen-bond donors (Lipinski definition) is 0. The summed E-state index contributed by atoms with van der Waals surface area (Å²) in [7, 11) is 0. The van der Waals surface area contributed by atoms with E-state index in [1.807, 2.05) is 0 Å². The van der Waals surface area contributed by atoms with E-state index in [1.165, 1.54) is 28.2 Å². The van der Waals surface area contributed by atoms with Crippen LogP contribution in [0.1, 0.15) is 36.1 Å². The summed E-state index contributed by atoms with van der Waals surface area (Å²) in [6.45, 7) is 8.93. The lowest BCUT2D eigenvalue weighted by molar-refractivity contribution is 0.705. The molecule has 2 aromatic rings. The van der Waals surface area contributed by atoms with Gasteiger partial charge in [0.05, 0.1) is 0 Å². The predicted octanol–water partition coefficient (Wildman–Crippen LogP) is 4.93. The highest BCUT2D eigenvalue weighted by Gasteiger charge is 2.21. The van der Waals surface area contributed by atoms with Gasteiger partial charge in [0.1, 0.15) is 0 Å². The fraction of sp³-hybridized carbons (Fsp3) is 0.278. The summed E-state index contributed by atoms with van der Waals surface area (Å²) in [5, 5.41) is 0. The summed E-state index contributed by atoms with van der Waals surface area (Å²) in [6, 6.07) is 17.3. The molecule has 0 aliphatic carbocycles. The Bertz CT molecular complexity index is 478. The second-order valence-corrected chi connectivity index (χ2v) is 5.20. The van der Waals surface area contributed by atoms with Gasteiger partial charge in [0.15, 0.2) is 0 Å². The minimum atomic E-state index is 0.521. The maximum Gasteiger partial charge on any atom is 0.0370 e. The van der Waals surface area contributed by atoms with Gasteiger partial charge in [0, 0.05) is 5.92 Å². The Hall–Kier alpha value is -1.56. The fourth-order valence-electron chi connectivity index (χ4n) is 2.52. The van der Waals surface area contributed by atoms with Crippen LogP contribution in [0.15, 0.2) is 48.5 Å². The lowest BCUT2D eigenvalue weighted by atomic mass is 9.79. The Kier molecular flexibility index (Phi) is 3.86. The first-order chi connectivity index (χ1) is 8.61. The van der Waals surface area contributed by atoms with Crippen molar-refractivity contribution in [3.05, 3.63) is 76.7 Å². The highest BCUT2D eigenvalue weighted by atomic mass is 14.2. The van der Waals surface area contributed by atoms with Crippen LogP contribution in [0, 0.1) is 25.7 Å². The van der Waals surface area contributed by atoms with Crippen molar-refractivity contribution in [2.45, 2.75) is 27.7 Å². The van der Waals surface area contributed by atoms with Crippen molar-refractivity contribution < 1.29 is 0 Å². The van der Waals surface area contributed by atoms with Crippen molar-refractivity contribution >= 4 is 0 Å². The van der Waals surface area contributed by atoms with Crippen molar-refractivity contribution in [2.24, 2.45) is 5.92 Å². The van der Waals surface area contributed by atoms with Gasteiger partial charge in [-0.15, -0.1) is 0 Å². The largest absolute Gasteiger partial charge is 0.0620 e. The Morgan fingerprint density at radius 1 is 0.722 bits per heavy atom. The van der Waals surface area contributed by atoms with Crippen LogP contribution in [0.25, 0.3) is 0 Å². The number of benzene rings is 2. The molecule has 0 heteroatoms. The van der Waals surface area contributed by atoms with Crippen LogP contribution in [-0.2, 0) is 0 Å². The Morgan fingerprint density at radius 2 is 1.11 bits per heavy atom. The second kappa shape index (κ2) is 5.39. The van der Waals surface area contributed by atoms with Gasteiger partial charge in [0.25, 0.3) is 0 Å². The first-order valence-corrected chi connectivity index (χ1v) is 6.60. The number of hydrogen-bond acceptors (Lipinski definition) is 0. The molecule has 0 aromatic heterocycles. The van der Waals surface area contributed by atoms with E-state index in [0.717, 1.165) is 0 Å². The topological polar surface area (TPSA) is 0 Å². The van der Waals surface area contributed by atoms with E-state index in [0.29, 0.717) is 5.92 Å². The highest BCUT2D eigenvalue weighted by Crippen LogP contribution is 2.34. The molecule has 2 rings (SSSR count). The van der Waals surface area contributed by atoms with Gasteiger partial charge in [-0.2, -0.15) is 0 Å². The molecule has 0 saturated carbocycles. The molecule has 0 spiro atoms. The lowest BCUT2D eigenvalue weighted by Gasteiger charge is -2.24. The molecule has 0 aliphatic rings. The fourth-order valence-corrected chi connectivity index (χ4v) is 2.52. The maximum atomic E-state index is 2.27. The monoisotopic (exact) mass is 237 g/mol. The normalized spacial score (nSPS) is 11.2. The van der Waals surface area contributed by atoms with Crippen LogP contribution >= 0.6 is 0 Å². The smallest absolute Gasteiger partial charge is 0.0370 e. The molecule has 0 fully saturated rings. The molecule has 0 aliphatic heterocycles. The minimum absolute atomic E-state index is 0.521. The SMILES string of the molecule is Cc1ccccc1[C](c1ccccc1C)C(C)C. The third-order valence-corrected chi connectivity index (χ3v) is 3.45. The standard InChI is InChI=1S/C18H21/c1-13(2)18(16-11-7-5-9-14(16)3)17-12-8-6-10-15(17)4/h5-13H,1-4H3. The van der Waals surface area contributed by atoms with E-state index in [2.05, 4.69) is 76.2 Å². The van der Waals surface area contributed by atoms with Crippen LogP contribution < -0.4 is 0 Å². The highest BCUT2D eigenvalue weighted by molar-refractivity contribution is 5.52. The molecule has 2 aromatic carbocycles. The van der Waals surface area contributed by atoms with Crippen LogP contribution in [0.4, 0.5) is 0 Å². The first kappa shape index (κ1) is 12.9. The quantitative estimate of drug-likeness (QED) is 0.710. The summed E-state index contributed by atoms with van der Waals surface area (Å²) in [6.07, 6.45) is 0. The van der Waals surface area contributed by atoms with Gasteiger partial charge in [-0.3, -0.25) is 0 Å². The molecule has 18 heavy (non-hydrogen) atoms. The molecular formula is C18H21. The van der Waals surface area contributed by atoms with Gasteiger partial charge in [-0.25, -0.2) is 0 Å². The molecule has 0 atom stereocenters. The Labute approximate surface area is 111 Å². The summed E-state index contributed by atoms with van der Waals surface area (Å²) in [5.41, 5.74) is 5.46. The zero-order valence-corrected chi connectivity index (χ0v) is 11.7.